The van der Waals surface area contributed by atoms with E-state index in [-0.39, 0.29) is 6.61 Å². The average Bonchev–Trinajstić information content (AvgIpc) is 3.33. The predicted molar refractivity (Wildman–Crippen MR) is 278 cm³/mol. The number of hydrogen-bond donors (Lipinski definition) is 7. The number of aliphatic hydroxyl groups is 6. The first-order valence-electron chi connectivity index (χ1n) is 28.6. The molecule has 1 aliphatic rings. The number of amides is 1. The van der Waals surface area contributed by atoms with Crippen LogP contribution in [0.15, 0.2) is 24.3 Å². The van der Waals surface area contributed by atoms with Gasteiger partial charge in [-0.05, 0) is 44.9 Å². The molecule has 8 unspecified atom stereocenters. The second-order valence-corrected chi connectivity index (χ2v) is 20.2. The molecule has 0 saturated carbocycles. The highest BCUT2D eigenvalue weighted by molar-refractivity contribution is 5.80. The van der Waals surface area contributed by atoms with E-state index in [1.165, 1.54) is 186 Å². The van der Waals surface area contributed by atoms with Gasteiger partial charge in [-0.2, -0.15) is 0 Å². The lowest BCUT2D eigenvalue weighted by molar-refractivity contribution is -0.302. The first-order valence-corrected chi connectivity index (χ1v) is 28.6. The number of rotatable bonds is 49. The fraction of sp³-hybridized carbons (Fsp3) is 0.912. The summed E-state index contributed by atoms with van der Waals surface area (Å²) in [4.78, 5) is 13.1. The minimum Gasteiger partial charge on any atom is -0.394 e. The van der Waals surface area contributed by atoms with Crippen molar-refractivity contribution in [3.05, 3.63) is 24.3 Å². The molecule has 1 rings (SSSR count). The highest BCUT2D eigenvalue weighted by Crippen LogP contribution is 2.23. The Bertz CT molecular complexity index is 1120. The topological polar surface area (TPSA) is 169 Å². The third kappa shape index (κ3) is 36.2. The first-order chi connectivity index (χ1) is 32.8. The van der Waals surface area contributed by atoms with Crippen LogP contribution < -0.4 is 5.32 Å². The molecule has 0 radical (unpaired) electrons. The van der Waals surface area contributed by atoms with Crippen LogP contribution in [0.1, 0.15) is 271 Å². The molecule has 0 aliphatic carbocycles. The summed E-state index contributed by atoms with van der Waals surface area (Å²) in [6, 6.07) is -0.893. The molecule has 396 valence electrons. The van der Waals surface area contributed by atoms with E-state index in [9.17, 15) is 35.4 Å². The van der Waals surface area contributed by atoms with Gasteiger partial charge in [0, 0.05) is 0 Å². The normalized spacial score (nSPS) is 20.3. The second-order valence-electron chi connectivity index (χ2n) is 20.2. The number of hydrogen-bond acceptors (Lipinski definition) is 9. The lowest BCUT2D eigenvalue weighted by atomic mass is 9.99. The molecule has 1 saturated heterocycles. The minimum atomic E-state index is -1.60. The van der Waals surface area contributed by atoms with Gasteiger partial charge in [-0.15, -0.1) is 0 Å². The second kappa shape index (κ2) is 47.0. The quantitative estimate of drug-likeness (QED) is 0.0232. The van der Waals surface area contributed by atoms with Crippen molar-refractivity contribution >= 4 is 5.91 Å². The van der Waals surface area contributed by atoms with Crippen LogP contribution in [0, 0.1) is 0 Å². The summed E-state index contributed by atoms with van der Waals surface area (Å²) < 4.78 is 11.2. The van der Waals surface area contributed by atoms with E-state index in [1.54, 1.807) is 0 Å². The van der Waals surface area contributed by atoms with E-state index in [2.05, 4.69) is 43.5 Å². The molecule has 10 heteroatoms. The van der Waals surface area contributed by atoms with Crippen LogP contribution in [0.3, 0.4) is 0 Å². The standard InChI is InChI=1S/C57H109NO9/c1-3-5-7-9-11-13-15-17-19-20-21-22-23-24-25-26-27-28-29-30-31-32-34-36-38-40-42-44-46-51(61)56(65)58-49(48-66-57-55(64)54(63)53(62)52(47-59)67-57)50(60)45-43-41-39-37-35-33-18-16-14-12-10-8-6-4-2/h21-22,24-25,49-55,57,59-64H,3-20,23,26-48H2,1-2H3,(H,58,65)/b22-21-,25-24-. The largest absolute Gasteiger partial charge is 0.394 e. The number of aliphatic hydroxyl groups excluding tert-OH is 6. The van der Waals surface area contributed by atoms with Gasteiger partial charge in [0.25, 0.3) is 0 Å². The van der Waals surface area contributed by atoms with Gasteiger partial charge in [0.05, 0.1) is 25.4 Å². The van der Waals surface area contributed by atoms with Crippen molar-refractivity contribution in [3.63, 3.8) is 0 Å². The maximum Gasteiger partial charge on any atom is 0.249 e. The molecule has 8 atom stereocenters. The molecule has 1 heterocycles. The zero-order valence-electron chi connectivity index (χ0n) is 43.5. The zero-order chi connectivity index (χ0) is 48.8. The Kier molecular flexibility index (Phi) is 44.6. The van der Waals surface area contributed by atoms with Gasteiger partial charge in [0.2, 0.25) is 5.91 Å². The summed E-state index contributed by atoms with van der Waals surface area (Å²) in [5, 5.41) is 65.1. The number of unbranched alkanes of at least 4 members (excludes halogenated alkanes) is 34. The van der Waals surface area contributed by atoms with Gasteiger partial charge in [0.1, 0.15) is 30.5 Å². The maximum absolute atomic E-state index is 13.1. The summed E-state index contributed by atoms with van der Waals surface area (Å²) in [5.74, 6) is -0.582. The van der Waals surface area contributed by atoms with Crippen molar-refractivity contribution in [1.82, 2.24) is 5.32 Å². The lowest BCUT2D eigenvalue weighted by Gasteiger charge is -2.40. The SMILES string of the molecule is CCCCCCCCCCC/C=C\C/C=C\CCCCCCCCCCCCCCC(O)C(=O)NC(COC1OC(CO)C(O)C(O)C1O)C(O)CCCCCCCCCCCCCCCC. The van der Waals surface area contributed by atoms with Crippen molar-refractivity contribution in [2.75, 3.05) is 13.2 Å². The minimum absolute atomic E-state index is 0.254. The van der Waals surface area contributed by atoms with Crippen LogP contribution in [-0.2, 0) is 14.3 Å². The molecule has 0 aromatic carbocycles. The lowest BCUT2D eigenvalue weighted by Crippen LogP contribution is -2.60. The summed E-state index contributed by atoms with van der Waals surface area (Å²) in [6.07, 6.45) is 48.1. The van der Waals surface area contributed by atoms with Crippen LogP contribution >= 0.6 is 0 Å². The third-order valence-electron chi connectivity index (χ3n) is 13.9. The third-order valence-corrected chi connectivity index (χ3v) is 13.9. The highest BCUT2D eigenvalue weighted by Gasteiger charge is 2.44. The van der Waals surface area contributed by atoms with Gasteiger partial charge in [0.15, 0.2) is 6.29 Å². The Morgan fingerprint density at radius 3 is 1.28 bits per heavy atom. The van der Waals surface area contributed by atoms with E-state index in [0.29, 0.717) is 12.8 Å². The highest BCUT2D eigenvalue weighted by atomic mass is 16.7. The summed E-state index contributed by atoms with van der Waals surface area (Å²) in [7, 11) is 0. The molecule has 0 aromatic heterocycles. The molecular formula is C57H109NO9. The Hall–Kier alpha value is -1.37. The van der Waals surface area contributed by atoms with E-state index in [1.807, 2.05) is 0 Å². The summed E-state index contributed by atoms with van der Waals surface area (Å²) in [5.41, 5.74) is 0. The molecule has 67 heavy (non-hydrogen) atoms. The van der Waals surface area contributed by atoms with E-state index in [0.717, 1.165) is 57.8 Å². The van der Waals surface area contributed by atoms with Crippen molar-refractivity contribution in [3.8, 4) is 0 Å². The van der Waals surface area contributed by atoms with Gasteiger partial charge >= 0.3 is 0 Å². The molecule has 10 nitrogen and oxygen atoms in total. The summed E-state index contributed by atoms with van der Waals surface area (Å²) >= 11 is 0. The van der Waals surface area contributed by atoms with Crippen LogP contribution in [0.5, 0.6) is 0 Å². The van der Waals surface area contributed by atoms with Crippen molar-refractivity contribution in [1.29, 1.82) is 0 Å². The molecule has 0 bridgehead atoms. The van der Waals surface area contributed by atoms with Crippen LogP contribution in [0.25, 0.3) is 0 Å². The molecule has 1 fully saturated rings. The molecule has 7 N–H and O–H groups in total. The van der Waals surface area contributed by atoms with Gasteiger partial charge in [-0.25, -0.2) is 0 Å². The molecule has 0 spiro atoms. The number of carbonyl (C=O) groups excluding carboxylic acids is 1. The maximum atomic E-state index is 13.1. The van der Waals surface area contributed by atoms with Crippen LogP contribution in [0.2, 0.25) is 0 Å². The smallest absolute Gasteiger partial charge is 0.249 e. The van der Waals surface area contributed by atoms with Crippen LogP contribution in [-0.4, -0.2) is 98.7 Å². The van der Waals surface area contributed by atoms with Gasteiger partial charge < -0.3 is 45.4 Å². The van der Waals surface area contributed by atoms with Gasteiger partial charge in [-0.3, -0.25) is 4.79 Å². The number of ether oxygens (including phenoxy) is 2. The number of nitrogens with one attached hydrogen (secondary N) is 1. The Morgan fingerprint density at radius 1 is 0.507 bits per heavy atom. The fourth-order valence-electron chi connectivity index (χ4n) is 9.26. The Morgan fingerprint density at radius 2 is 0.881 bits per heavy atom. The van der Waals surface area contributed by atoms with E-state index in [4.69, 9.17) is 9.47 Å². The van der Waals surface area contributed by atoms with Crippen molar-refractivity contribution in [2.45, 2.75) is 320 Å². The molecule has 0 aromatic rings. The van der Waals surface area contributed by atoms with Gasteiger partial charge in [-0.1, -0.05) is 250 Å². The number of carbonyl (C=O) groups is 1. The Labute approximate surface area is 411 Å². The predicted octanol–water partition coefficient (Wildman–Crippen LogP) is 12.8. The monoisotopic (exact) mass is 952 g/mol. The van der Waals surface area contributed by atoms with E-state index < -0.39 is 61.5 Å². The van der Waals surface area contributed by atoms with Crippen molar-refractivity contribution < 1.29 is 44.9 Å². The molecule has 1 aliphatic heterocycles. The number of allylic oxidation sites excluding steroid dienone is 4. The first kappa shape index (κ1) is 63.6. The molecular weight excluding hydrogens is 843 g/mol. The van der Waals surface area contributed by atoms with Crippen molar-refractivity contribution in [2.24, 2.45) is 0 Å². The molecule has 1 amide bonds. The van der Waals surface area contributed by atoms with Crippen LogP contribution in [0.4, 0.5) is 0 Å². The Balaban J connectivity index is 2.21. The fourth-order valence-corrected chi connectivity index (χ4v) is 9.26. The summed E-state index contributed by atoms with van der Waals surface area (Å²) in [6.45, 7) is 3.69. The average molecular weight is 952 g/mol. The van der Waals surface area contributed by atoms with E-state index >= 15 is 0 Å². The zero-order valence-corrected chi connectivity index (χ0v) is 43.5.